The number of hydrogen-bond donors (Lipinski definition) is 5. The first-order chi connectivity index (χ1) is 19.9. The SMILES string of the molecule is Cc1ccc([C@H]2[C@H](O)[C@H](O)[C@H](O)C[SH]2C)cc1Cc1ccc(CCCC(=O)NC(C)(C)C(=O)N2CCN(C)CC2)cc1. The molecule has 2 heterocycles. The second-order valence-electron chi connectivity index (χ2n) is 12.7. The number of rotatable bonds is 9. The van der Waals surface area contributed by atoms with E-state index in [1.165, 1.54) is 22.3 Å². The Morgan fingerprint density at radius 2 is 1.62 bits per heavy atom. The fourth-order valence-corrected chi connectivity index (χ4v) is 8.48. The van der Waals surface area contributed by atoms with Crippen LogP contribution >= 0.6 is 10.9 Å². The standard InChI is InChI=1S/C33H49N3O5S/c1-22-9-14-25(31-30(40)29(39)27(37)21-42(31)5)20-26(22)19-24-12-10-23(11-13-24)7-6-8-28(38)34-33(2,3)32(41)36-17-15-35(4)16-18-36/h9-14,20,27,29-31,37,39-40,42H,6-8,15-19,21H2,1-5H3,(H,34,38)/t27-,29-,30-,31+/m1/s1. The predicted octanol–water partition coefficient (Wildman–Crippen LogP) is 2.35. The van der Waals surface area contributed by atoms with E-state index in [1.54, 1.807) is 13.8 Å². The fourth-order valence-electron chi connectivity index (χ4n) is 6.08. The molecule has 0 saturated carbocycles. The number of nitrogens with one attached hydrogen (secondary N) is 1. The van der Waals surface area contributed by atoms with E-state index in [0.29, 0.717) is 31.7 Å². The van der Waals surface area contributed by atoms with Gasteiger partial charge in [0.1, 0.15) is 11.6 Å². The first-order valence-electron chi connectivity index (χ1n) is 15.1. The molecule has 0 radical (unpaired) electrons. The first-order valence-corrected chi connectivity index (χ1v) is 17.1. The molecule has 9 heteroatoms. The average Bonchev–Trinajstić information content (AvgIpc) is 2.94. The smallest absolute Gasteiger partial charge is 0.247 e. The Kier molecular flexibility index (Phi) is 10.8. The molecular weight excluding hydrogens is 550 g/mol. The highest BCUT2D eigenvalue weighted by atomic mass is 32.2. The van der Waals surface area contributed by atoms with E-state index in [9.17, 15) is 24.9 Å². The van der Waals surface area contributed by atoms with E-state index in [0.717, 1.165) is 31.5 Å². The van der Waals surface area contributed by atoms with Gasteiger partial charge in [-0.25, -0.2) is 10.9 Å². The van der Waals surface area contributed by atoms with Crippen LogP contribution < -0.4 is 5.32 Å². The maximum absolute atomic E-state index is 13.0. The molecular formula is C33H49N3O5S. The number of nitrogens with zero attached hydrogens (tertiary/aromatic N) is 2. The molecule has 2 aliphatic heterocycles. The van der Waals surface area contributed by atoms with Crippen LogP contribution in [0.3, 0.4) is 0 Å². The van der Waals surface area contributed by atoms with Crippen LogP contribution in [-0.2, 0) is 22.4 Å². The van der Waals surface area contributed by atoms with Gasteiger partial charge < -0.3 is 30.4 Å². The highest BCUT2D eigenvalue weighted by Crippen LogP contribution is 2.48. The van der Waals surface area contributed by atoms with Crippen molar-refractivity contribution in [1.29, 1.82) is 0 Å². The van der Waals surface area contributed by atoms with Gasteiger partial charge in [-0.3, -0.25) is 9.59 Å². The third-order valence-corrected chi connectivity index (χ3v) is 11.3. The Morgan fingerprint density at radius 1 is 0.976 bits per heavy atom. The monoisotopic (exact) mass is 599 g/mol. The molecule has 0 aromatic heterocycles. The maximum atomic E-state index is 13.0. The lowest BCUT2D eigenvalue weighted by Gasteiger charge is -2.42. The van der Waals surface area contributed by atoms with Crippen LogP contribution in [0.25, 0.3) is 0 Å². The first kappa shape index (κ1) is 32.5. The number of likely N-dealkylation sites (N-methyl/N-ethyl adjacent to an activating group) is 1. The molecule has 2 aromatic carbocycles. The molecule has 8 nitrogen and oxygen atoms in total. The summed E-state index contributed by atoms with van der Waals surface area (Å²) in [6.45, 7) is 8.73. The normalized spacial score (nSPS) is 26.2. The molecule has 5 atom stereocenters. The zero-order valence-electron chi connectivity index (χ0n) is 25.7. The summed E-state index contributed by atoms with van der Waals surface area (Å²) in [6.07, 6.45) is 1.74. The van der Waals surface area contributed by atoms with Crippen molar-refractivity contribution in [3.8, 4) is 0 Å². The molecule has 42 heavy (non-hydrogen) atoms. The van der Waals surface area contributed by atoms with E-state index >= 15 is 0 Å². The van der Waals surface area contributed by atoms with Crippen molar-refractivity contribution >= 4 is 22.7 Å². The number of amides is 2. The second kappa shape index (κ2) is 13.9. The number of benzene rings is 2. The minimum atomic E-state index is -1.12. The lowest BCUT2D eigenvalue weighted by Crippen LogP contribution is -2.59. The largest absolute Gasteiger partial charge is 0.390 e. The Hall–Kier alpha value is -2.43. The van der Waals surface area contributed by atoms with Crippen LogP contribution in [0.2, 0.25) is 0 Å². The van der Waals surface area contributed by atoms with Crippen LogP contribution in [0.4, 0.5) is 0 Å². The van der Waals surface area contributed by atoms with Crippen LogP contribution in [0, 0.1) is 6.92 Å². The van der Waals surface area contributed by atoms with Gasteiger partial charge in [0.05, 0.1) is 12.2 Å². The molecule has 4 N–H and O–H groups in total. The summed E-state index contributed by atoms with van der Waals surface area (Å²) < 4.78 is 0. The number of aryl methyl sites for hydroxylation is 2. The summed E-state index contributed by atoms with van der Waals surface area (Å²) >= 11 is 0. The van der Waals surface area contributed by atoms with Crippen molar-refractivity contribution in [2.45, 2.75) is 75.6 Å². The van der Waals surface area contributed by atoms with E-state index in [2.05, 4.69) is 66.8 Å². The second-order valence-corrected chi connectivity index (χ2v) is 15.2. The van der Waals surface area contributed by atoms with Gasteiger partial charge in [-0.1, -0.05) is 42.5 Å². The van der Waals surface area contributed by atoms with Crippen molar-refractivity contribution in [3.05, 3.63) is 70.3 Å². The van der Waals surface area contributed by atoms with E-state index < -0.39 is 34.7 Å². The van der Waals surface area contributed by atoms with Gasteiger partial charge in [0.25, 0.3) is 0 Å². The zero-order chi connectivity index (χ0) is 30.6. The molecule has 1 unspecified atom stereocenters. The van der Waals surface area contributed by atoms with Crippen molar-refractivity contribution in [2.24, 2.45) is 0 Å². The van der Waals surface area contributed by atoms with Gasteiger partial charge in [-0.15, -0.1) is 0 Å². The summed E-state index contributed by atoms with van der Waals surface area (Å²) in [5.74, 6) is 0.397. The lowest BCUT2D eigenvalue weighted by atomic mass is 9.93. The summed E-state index contributed by atoms with van der Waals surface area (Å²) in [7, 11) is 1.39. The van der Waals surface area contributed by atoms with E-state index in [4.69, 9.17) is 0 Å². The van der Waals surface area contributed by atoms with Crippen molar-refractivity contribution in [1.82, 2.24) is 15.1 Å². The number of aliphatic hydroxyl groups excluding tert-OH is 3. The Balaban J connectivity index is 1.28. The minimum absolute atomic E-state index is 0.0258. The quantitative estimate of drug-likeness (QED) is 0.283. The average molecular weight is 600 g/mol. The van der Waals surface area contributed by atoms with Gasteiger partial charge in [-0.2, -0.15) is 0 Å². The number of carbonyl (C=O) groups is 2. The highest BCUT2D eigenvalue weighted by molar-refractivity contribution is 8.16. The molecule has 2 saturated heterocycles. The molecule has 0 spiro atoms. The van der Waals surface area contributed by atoms with E-state index in [-0.39, 0.29) is 17.1 Å². The fraction of sp³-hybridized carbons (Fsp3) is 0.576. The number of aliphatic hydroxyl groups is 3. The maximum Gasteiger partial charge on any atom is 0.247 e. The number of carbonyl (C=O) groups excluding carboxylic acids is 2. The van der Waals surface area contributed by atoms with Gasteiger partial charge in [0, 0.05) is 43.6 Å². The summed E-state index contributed by atoms with van der Waals surface area (Å²) in [5, 5.41) is 33.8. The molecule has 4 rings (SSSR count). The Bertz CT molecular complexity index is 1230. The molecule has 0 bridgehead atoms. The van der Waals surface area contributed by atoms with Crippen molar-refractivity contribution in [2.75, 3.05) is 45.2 Å². The molecule has 2 aromatic rings. The molecule has 0 aliphatic carbocycles. The summed E-state index contributed by atoms with van der Waals surface area (Å²) in [4.78, 5) is 29.7. The van der Waals surface area contributed by atoms with Gasteiger partial charge in [0.2, 0.25) is 11.8 Å². The number of piperazine rings is 1. The number of thiol groups is 1. The summed E-state index contributed by atoms with van der Waals surface area (Å²) in [5.41, 5.74) is 4.81. The molecule has 2 aliphatic rings. The Morgan fingerprint density at radius 3 is 2.29 bits per heavy atom. The summed E-state index contributed by atoms with van der Waals surface area (Å²) in [6, 6.07) is 14.7. The van der Waals surface area contributed by atoms with E-state index in [1.807, 2.05) is 11.0 Å². The van der Waals surface area contributed by atoms with Gasteiger partial charge >= 0.3 is 0 Å². The minimum Gasteiger partial charge on any atom is -0.390 e. The predicted molar refractivity (Wildman–Crippen MR) is 170 cm³/mol. The zero-order valence-corrected chi connectivity index (χ0v) is 26.6. The topological polar surface area (TPSA) is 113 Å². The van der Waals surface area contributed by atoms with Crippen LogP contribution in [0.1, 0.15) is 59.8 Å². The van der Waals surface area contributed by atoms with Gasteiger partial charge in [0.15, 0.2) is 0 Å². The van der Waals surface area contributed by atoms with Crippen LogP contribution in [-0.4, -0.2) is 106 Å². The Labute approximate surface area is 253 Å². The molecule has 232 valence electrons. The van der Waals surface area contributed by atoms with Crippen LogP contribution in [0.5, 0.6) is 0 Å². The third-order valence-electron chi connectivity index (χ3n) is 8.80. The number of hydrogen-bond acceptors (Lipinski definition) is 6. The molecule has 2 amide bonds. The van der Waals surface area contributed by atoms with Gasteiger partial charge in [-0.05, 0) is 81.2 Å². The third kappa shape index (κ3) is 7.94. The highest BCUT2D eigenvalue weighted by Gasteiger charge is 2.40. The molecule has 2 fully saturated rings. The van der Waals surface area contributed by atoms with Crippen molar-refractivity contribution in [3.63, 3.8) is 0 Å². The van der Waals surface area contributed by atoms with Crippen LogP contribution in [0.15, 0.2) is 42.5 Å². The lowest BCUT2D eigenvalue weighted by molar-refractivity contribution is -0.141. The van der Waals surface area contributed by atoms with Crippen molar-refractivity contribution < 1.29 is 24.9 Å².